The topological polar surface area (TPSA) is 63.8 Å². The van der Waals surface area contributed by atoms with Crippen LogP contribution in [-0.2, 0) is 12.6 Å². The minimum Gasteiger partial charge on any atom is -0.370 e. The van der Waals surface area contributed by atoms with Crippen LogP contribution < -0.4 is 11.1 Å². The molecule has 0 aliphatic rings. The first kappa shape index (κ1) is 14.9. The third-order valence-electron chi connectivity index (χ3n) is 2.34. The number of thiophene rings is 1. The predicted octanol–water partition coefficient (Wildman–Crippen LogP) is 3.45. The standard InChI is InChI=1S/C11H10ClF3N4S/c12-8-2-1-6(20-8)3-4-17-9-5-7(11(13,14)15)18-10(16)19-9/h1-2,5H,3-4H2,(H3,16,17,18,19). The fourth-order valence-electron chi connectivity index (χ4n) is 1.50. The van der Waals surface area contributed by atoms with Gasteiger partial charge in [-0.15, -0.1) is 11.3 Å². The third-order valence-corrected chi connectivity index (χ3v) is 3.63. The normalized spacial score (nSPS) is 11.6. The Balaban J connectivity index is 2.00. The zero-order valence-electron chi connectivity index (χ0n) is 10.0. The number of alkyl halides is 3. The van der Waals surface area contributed by atoms with Crippen LogP contribution in [0.15, 0.2) is 18.2 Å². The van der Waals surface area contributed by atoms with Gasteiger partial charge in [-0.1, -0.05) is 11.6 Å². The van der Waals surface area contributed by atoms with Gasteiger partial charge in [-0.2, -0.15) is 18.2 Å². The molecule has 0 saturated carbocycles. The van der Waals surface area contributed by atoms with Gasteiger partial charge in [0, 0.05) is 17.5 Å². The Morgan fingerprint density at radius 3 is 2.65 bits per heavy atom. The summed E-state index contributed by atoms with van der Waals surface area (Å²) in [5.41, 5.74) is 4.20. The highest BCUT2D eigenvalue weighted by Crippen LogP contribution is 2.29. The molecule has 20 heavy (non-hydrogen) atoms. The Bertz CT molecular complexity index is 600. The van der Waals surface area contributed by atoms with E-state index in [1.807, 2.05) is 6.07 Å². The van der Waals surface area contributed by atoms with Crippen molar-refractivity contribution in [2.45, 2.75) is 12.6 Å². The zero-order chi connectivity index (χ0) is 14.8. The van der Waals surface area contributed by atoms with E-state index in [9.17, 15) is 13.2 Å². The second-order valence-corrected chi connectivity index (χ2v) is 5.68. The van der Waals surface area contributed by atoms with Crippen molar-refractivity contribution >= 4 is 34.7 Å². The molecule has 2 heterocycles. The molecule has 0 aliphatic carbocycles. The molecule has 108 valence electrons. The number of nitrogens with zero attached hydrogens (tertiary/aromatic N) is 2. The maximum absolute atomic E-state index is 12.6. The molecule has 2 aromatic heterocycles. The first-order valence-electron chi connectivity index (χ1n) is 5.54. The summed E-state index contributed by atoms with van der Waals surface area (Å²) in [7, 11) is 0. The fraction of sp³-hybridized carbons (Fsp3) is 0.273. The van der Waals surface area contributed by atoms with Gasteiger partial charge in [-0.05, 0) is 18.6 Å². The van der Waals surface area contributed by atoms with Gasteiger partial charge in [0.25, 0.3) is 0 Å². The summed E-state index contributed by atoms with van der Waals surface area (Å²) >= 11 is 7.21. The summed E-state index contributed by atoms with van der Waals surface area (Å²) < 4.78 is 38.3. The van der Waals surface area contributed by atoms with Crippen molar-refractivity contribution in [1.82, 2.24) is 9.97 Å². The van der Waals surface area contributed by atoms with Crippen molar-refractivity contribution in [1.29, 1.82) is 0 Å². The highest BCUT2D eigenvalue weighted by molar-refractivity contribution is 7.16. The second kappa shape index (κ2) is 5.84. The highest BCUT2D eigenvalue weighted by Gasteiger charge is 2.33. The molecular weight excluding hydrogens is 313 g/mol. The van der Waals surface area contributed by atoms with Gasteiger partial charge < -0.3 is 11.1 Å². The highest BCUT2D eigenvalue weighted by atomic mass is 35.5. The second-order valence-electron chi connectivity index (χ2n) is 3.88. The summed E-state index contributed by atoms with van der Waals surface area (Å²) in [4.78, 5) is 7.91. The lowest BCUT2D eigenvalue weighted by Crippen LogP contribution is -2.13. The molecule has 0 radical (unpaired) electrons. The lowest BCUT2D eigenvalue weighted by molar-refractivity contribution is -0.141. The lowest BCUT2D eigenvalue weighted by Gasteiger charge is -2.09. The van der Waals surface area contributed by atoms with Crippen LogP contribution >= 0.6 is 22.9 Å². The number of hydrogen-bond acceptors (Lipinski definition) is 5. The average molecular weight is 323 g/mol. The van der Waals surface area contributed by atoms with E-state index in [0.29, 0.717) is 17.3 Å². The van der Waals surface area contributed by atoms with Gasteiger partial charge in [-0.3, -0.25) is 0 Å². The summed E-state index contributed by atoms with van der Waals surface area (Å²) in [5, 5.41) is 2.79. The van der Waals surface area contributed by atoms with Crippen molar-refractivity contribution in [3.8, 4) is 0 Å². The fourth-order valence-corrected chi connectivity index (χ4v) is 2.59. The van der Waals surface area contributed by atoms with Gasteiger partial charge in [0.15, 0.2) is 5.69 Å². The van der Waals surface area contributed by atoms with E-state index in [1.54, 1.807) is 6.07 Å². The van der Waals surface area contributed by atoms with Crippen molar-refractivity contribution in [3.05, 3.63) is 33.1 Å². The first-order valence-corrected chi connectivity index (χ1v) is 6.74. The monoisotopic (exact) mass is 322 g/mol. The van der Waals surface area contributed by atoms with Crippen LogP contribution in [0.3, 0.4) is 0 Å². The molecule has 0 atom stereocenters. The molecule has 0 spiro atoms. The van der Waals surface area contributed by atoms with Crippen LogP contribution in [0.2, 0.25) is 4.34 Å². The summed E-state index contributed by atoms with van der Waals surface area (Å²) in [6, 6.07) is 4.47. The Morgan fingerprint density at radius 2 is 2.05 bits per heavy atom. The van der Waals surface area contributed by atoms with Gasteiger partial charge in [0.2, 0.25) is 5.95 Å². The summed E-state index contributed by atoms with van der Waals surface area (Å²) in [6.07, 6.45) is -3.92. The van der Waals surface area contributed by atoms with Crippen molar-refractivity contribution in [3.63, 3.8) is 0 Å². The number of nitrogens with one attached hydrogen (secondary N) is 1. The zero-order valence-corrected chi connectivity index (χ0v) is 11.6. The molecule has 3 N–H and O–H groups in total. The van der Waals surface area contributed by atoms with E-state index >= 15 is 0 Å². The number of anilines is 2. The molecule has 9 heteroatoms. The maximum Gasteiger partial charge on any atom is 0.433 e. The van der Waals surface area contributed by atoms with Gasteiger partial charge >= 0.3 is 6.18 Å². The Hall–Kier alpha value is -1.54. The molecule has 0 saturated heterocycles. The van der Waals surface area contributed by atoms with Crippen LogP contribution in [0, 0.1) is 0 Å². The van der Waals surface area contributed by atoms with Crippen LogP contribution in [0.25, 0.3) is 0 Å². The minimum atomic E-state index is -4.55. The van der Waals surface area contributed by atoms with Gasteiger partial charge in [0.05, 0.1) is 4.34 Å². The molecule has 0 fully saturated rings. The third kappa shape index (κ3) is 3.97. The number of aromatic nitrogens is 2. The minimum absolute atomic E-state index is 0.0486. The summed E-state index contributed by atoms with van der Waals surface area (Å²) in [5.74, 6) is -0.367. The molecule has 0 bridgehead atoms. The number of rotatable bonds is 4. The largest absolute Gasteiger partial charge is 0.433 e. The molecule has 2 aromatic rings. The molecule has 2 rings (SSSR count). The SMILES string of the molecule is Nc1nc(NCCc2ccc(Cl)s2)cc(C(F)(F)F)n1. The Labute approximate surface area is 121 Å². The van der Waals surface area contributed by atoms with Crippen molar-refractivity contribution < 1.29 is 13.2 Å². The van der Waals surface area contributed by atoms with Gasteiger partial charge in [-0.25, -0.2) is 4.98 Å². The first-order chi connectivity index (χ1) is 9.34. The van der Waals surface area contributed by atoms with E-state index < -0.39 is 17.8 Å². The van der Waals surface area contributed by atoms with E-state index in [2.05, 4.69) is 15.3 Å². The molecular formula is C11H10ClF3N4S. The lowest BCUT2D eigenvalue weighted by atomic mass is 10.3. The molecule has 0 aromatic carbocycles. The van der Waals surface area contributed by atoms with E-state index in [-0.39, 0.29) is 5.82 Å². The van der Waals surface area contributed by atoms with Gasteiger partial charge in [0.1, 0.15) is 5.82 Å². The average Bonchev–Trinajstić information content (AvgIpc) is 2.73. The molecule has 0 aliphatic heterocycles. The quantitative estimate of drug-likeness (QED) is 0.905. The Morgan fingerprint density at radius 1 is 1.30 bits per heavy atom. The Kier molecular flexibility index (Phi) is 4.34. The van der Waals surface area contributed by atoms with Crippen LogP contribution in [0.1, 0.15) is 10.6 Å². The van der Waals surface area contributed by atoms with Crippen LogP contribution in [0.5, 0.6) is 0 Å². The number of halogens is 4. The van der Waals surface area contributed by atoms with E-state index in [0.717, 1.165) is 10.9 Å². The van der Waals surface area contributed by atoms with Crippen molar-refractivity contribution in [2.24, 2.45) is 0 Å². The smallest absolute Gasteiger partial charge is 0.370 e. The number of hydrogen-bond donors (Lipinski definition) is 2. The van der Waals surface area contributed by atoms with Crippen LogP contribution in [0.4, 0.5) is 24.9 Å². The molecule has 0 unspecified atom stereocenters. The predicted molar refractivity (Wildman–Crippen MR) is 73.0 cm³/mol. The van der Waals surface area contributed by atoms with Crippen molar-refractivity contribution in [2.75, 3.05) is 17.6 Å². The molecule has 0 amide bonds. The number of nitrogen functional groups attached to an aromatic ring is 1. The molecule has 4 nitrogen and oxygen atoms in total. The maximum atomic E-state index is 12.6. The van der Waals surface area contributed by atoms with E-state index in [1.165, 1.54) is 11.3 Å². The van der Waals surface area contributed by atoms with E-state index in [4.69, 9.17) is 17.3 Å². The summed E-state index contributed by atoms with van der Waals surface area (Å²) in [6.45, 7) is 0.421. The number of nitrogens with two attached hydrogens (primary N) is 1. The van der Waals surface area contributed by atoms with Crippen LogP contribution in [-0.4, -0.2) is 16.5 Å².